The first-order chi connectivity index (χ1) is 7.90. The Hall–Kier alpha value is 0.380. The van der Waals surface area contributed by atoms with Crippen LogP contribution in [0.3, 0.4) is 0 Å². The van der Waals surface area contributed by atoms with Gasteiger partial charge in [0.15, 0.2) is 0 Å². The highest BCUT2D eigenvalue weighted by Crippen LogP contribution is 2.35. The molecule has 0 spiro atoms. The predicted octanol–water partition coefficient (Wildman–Crippen LogP) is 3.11. The van der Waals surface area contributed by atoms with E-state index in [0.717, 1.165) is 22.2 Å². The van der Waals surface area contributed by atoms with Gasteiger partial charge >= 0.3 is 0 Å². The summed E-state index contributed by atoms with van der Waals surface area (Å²) in [6, 6.07) is 1.66. The standard InChI is InChI=1S/C10H13BrClNO2S2/c1-6-4-9(16-10(6)11)17(14,15)13-5-8(12)7-2-3-7/h4,7-8,13H,2-3,5H2,1H3. The van der Waals surface area contributed by atoms with Crippen molar-refractivity contribution in [2.75, 3.05) is 6.54 Å². The smallest absolute Gasteiger partial charge is 0.209 e. The molecule has 1 heterocycles. The van der Waals surface area contributed by atoms with Gasteiger partial charge in [-0.3, -0.25) is 0 Å². The Balaban J connectivity index is 2.02. The molecule has 0 radical (unpaired) electrons. The van der Waals surface area contributed by atoms with Gasteiger partial charge in [0, 0.05) is 11.9 Å². The van der Waals surface area contributed by atoms with Crippen molar-refractivity contribution in [1.29, 1.82) is 0 Å². The lowest BCUT2D eigenvalue weighted by Crippen LogP contribution is -2.30. The van der Waals surface area contributed by atoms with E-state index in [1.54, 1.807) is 6.07 Å². The van der Waals surface area contributed by atoms with E-state index in [2.05, 4.69) is 20.7 Å². The minimum atomic E-state index is -3.41. The minimum Gasteiger partial charge on any atom is -0.209 e. The first kappa shape index (κ1) is 13.8. The van der Waals surface area contributed by atoms with Crippen LogP contribution in [0.4, 0.5) is 0 Å². The summed E-state index contributed by atoms with van der Waals surface area (Å²) in [6.07, 6.45) is 2.22. The lowest BCUT2D eigenvalue weighted by atomic mass is 10.3. The second-order valence-electron chi connectivity index (χ2n) is 4.23. The summed E-state index contributed by atoms with van der Waals surface area (Å²) in [5.41, 5.74) is 0.931. The molecule has 0 aliphatic heterocycles. The van der Waals surface area contributed by atoms with Crippen LogP contribution in [0, 0.1) is 12.8 Å². The summed E-state index contributed by atoms with van der Waals surface area (Å²) in [4.78, 5) is 0. The second-order valence-corrected chi connectivity index (χ2v) is 9.15. The summed E-state index contributed by atoms with van der Waals surface area (Å²) in [7, 11) is -3.41. The summed E-state index contributed by atoms with van der Waals surface area (Å²) in [6.45, 7) is 2.18. The molecular weight excluding hydrogens is 346 g/mol. The highest BCUT2D eigenvalue weighted by atomic mass is 79.9. The van der Waals surface area contributed by atoms with Crippen LogP contribution in [0.2, 0.25) is 0 Å². The lowest BCUT2D eigenvalue weighted by Gasteiger charge is -2.08. The van der Waals surface area contributed by atoms with E-state index in [1.165, 1.54) is 11.3 Å². The Morgan fingerprint density at radius 2 is 2.29 bits per heavy atom. The van der Waals surface area contributed by atoms with E-state index in [1.807, 2.05) is 6.92 Å². The number of alkyl halides is 1. The molecule has 0 amide bonds. The fourth-order valence-corrected chi connectivity index (χ4v) is 5.20. The Labute approximate surface area is 119 Å². The van der Waals surface area contributed by atoms with Crippen LogP contribution in [0.15, 0.2) is 14.1 Å². The molecule has 2 rings (SSSR count). The molecular formula is C10H13BrClNO2S2. The fraction of sp³-hybridized carbons (Fsp3) is 0.600. The fourth-order valence-electron chi connectivity index (χ4n) is 1.45. The number of hydrogen-bond acceptors (Lipinski definition) is 3. The Bertz CT molecular complexity index is 491. The maximum atomic E-state index is 12.0. The zero-order valence-electron chi connectivity index (χ0n) is 9.24. The number of hydrogen-bond donors (Lipinski definition) is 1. The molecule has 1 aliphatic carbocycles. The zero-order chi connectivity index (χ0) is 12.6. The van der Waals surface area contributed by atoms with Crippen LogP contribution in [0.5, 0.6) is 0 Å². The van der Waals surface area contributed by atoms with Crippen LogP contribution in [0.25, 0.3) is 0 Å². The van der Waals surface area contributed by atoms with Gasteiger partial charge in [0.25, 0.3) is 0 Å². The van der Waals surface area contributed by atoms with Gasteiger partial charge < -0.3 is 0 Å². The van der Waals surface area contributed by atoms with E-state index in [-0.39, 0.29) is 5.38 Å². The van der Waals surface area contributed by atoms with Gasteiger partial charge in [-0.25, -0.2) is 13.1 Å². The van der Waals surface area contributed by atoms with Crippen molar-refractivity contribution in [2.24, 2.45) is 5.92 Å². The van der Waals surface area contributed by atoms with Crippen LogP contribution < -0.4 is 4.72 Å². The normalized spacial score (nSPS) is 18.3. The van der Waals surface area contributed by atoms with Crippen LogP contribution in [0.1, 0.15) is 18.4 Å². The topological polar surface area (TPSA) is 46.2 Å². The molecule has 1 aromatic heterocycles. The van der Waals surface area contributed by atoms with E-state index in [0.29, 0.717) is 16.7 Å². The van der Waals surface area contributed by atoms with Crippen molar-refractivity contribution in [3.63, 3.8) is 0 Å². The summed E-state index contributed by atoms with van der Waals surface area (Å²) in [5.74, 6) is 0.483. The van der Waals surface area contributed by atoms with Crippen molar-refractivity contribution in [3.05, 3.63) is 15.4 Å². The van der Waals surface area contributed by atoms with Crippen LogP contribution in [-0.4, -0.2) is 20.3 Å². The third-order valence-electron chi connectivity index (χ3n) is 2.70. The molecule has 7 heteroatoms. The molecule has 0 bridgehead atoms. The summed E-state index contributed by atoms with van der Waals surface area (Å²) < 4.78 is 27.7. The Morgan fingerprint density at radius 3 is 2.76 bits per heavy atom. The molecule has 1 aromatic rings. The highest BCUT2D eigenvalue weighted by molar-refractivity contribution is 9.11. The predicted molar refractivity (Wildman–Crippen MR) is 74.3 cm³/mol. The van der Waals surface area contributed by atoms with Gasteiger partial charge in [-0.05, 0) is 53.2 Å². The molecule has 96 valence electrons. The Kier molecular flexibility index (Phi) is 4.20. The van der Waals surface area contributed by atoms with Crippen molar-refractivity contribution in [1.82, 2.24) is 4.72 Å². The van der Waals surface area contributed by atoms with Crippen molar-refractivity contribution < 1.29 is 8.42 Å². The van der Waals surface area contributed by atoms with E-state index < -0.39 is 10.0 Å². The van der Waals surface area contributed by atoms with Crippen molar-refractivity contribution >= 4 is 48.9 Å². The van der Waals surface area contributed by atoms with E-state index in [9.17, 15) is 8.42 Å². The molecule has 1 saturated carbocycles. The SMILES string of the molecule is Cc1cc(S(=O)(=O)NCC(Cl)C2CC2)sc1Br. The number of aryl methyl sites for hydroxylation is 1. The number of sulfonamides is 1. The molecule has 17 heavy (non-hydrogen) atoms. The number of thiophene rings is 1. The second kappa shape index (κ2) is 5.17. The average Bonchev–Trinajstić information content (AvgIpc) is 3.04. The van der Waals surface area contributed by atoms with Crippen molar-refractivity contribution in [3.8, 4) is 0 Å². The van der Waals surface area contributed by atoms with Gasteiger partial charge in [0.2, 0.25) is 10.0 Å². The molecule has 1 atom stereocenters. The molecule has 1 fully saturated rings. The molecule has 1 N–H and O–H groups in total. The number of halogens is 2. The number of nitrogens with one attached hydrogen (secondary N) is 1. The third-order valence-corrected chi connectivity index (χ3v) is 7.25. The maximum Gasteiger partial charge on any atom is 0.250 e. The molecule has 0 saturated heterocycles. The summed E-state index contributed by atoms with van der Waals surface area (Å²) in [5, 5.41) is -0.0886. The quantitative estimate of drug-likeness (QED) is 0.822. The van der Waals surface area contributed by atoms with E-state index in [4.69, 9.17) is 11.6 Å². The largest absolute Gasteiger partial charge is 0.250 e. The minimum absolute atomic E-state index is 0.0886. The van der Waals surface area contributed by atoms with Gasteiger partial charge in [0.1, 0.15) is 4.21 Å². The van der Waals surface area contributed by atoms with Gasteiger partial charge in [-0.1, -0.05) is 0 Å². The third kappa shape index (κ3) is 3.44. The van der Waals surface area contributed by atoms with Gasteiger partial charge in [-0.2, -0.15) is 0 Å². The Morgan fingerprint density at radius 1 is 1.65 bits per heavy atom. The van der Waals surface area contributed by atoms with Gasteiger partial charge in [0.05, 0.1) is 3.79 Å². The molecule has 3 nitrogen and oxygen atoms in total. The molecule has 0 aromatic carbocycles. The zero-order valence-corrected chi connectivity index (χ0v) is 13.2. The van der Waals surface area contributed by atoms with Gasteiger partial charge in [-0.15, -0.1) is 22.9 Å². The monoisotopic (exact) mass is 357 g/mol. The first-order valence-corrected chi connectivity index (χ1v) is 8.83. The first-order valence-electron chi connectivity index (χ1n) is 5.30. The highest BCUT2D eigenvalue weighted by Gasteiger charge is 2.30. The van der Waals surface area contributed by atoms with Crippen molar-refractivity contribution in [2.45, 2.75) is 29.4 Å². The van der Waals surface area contributed by atoms with Crippen LogP contribution >= 0.6 is 38.9 Å². The van der Waals surface area contributed by atoms with E-state index >= 15 is 0 Å². The number of rotatable bonds is 5. The van der Waals surface area contributed by atoms with Crippen LogP contribution in [-0.2, 0) is 10.0 Å². The molecule has 1 unspecified atom stereocenters. The summed E-state index contributed by atoms with van der Waals surface area (Å²) >= 11 is 10.6. The average molecular weight is 359 g/mol. The molecule has 1 aliphatic rings. The maximum absolute atomic E-state index is 12.0. The lowest BCUT2D eigenvalue weighted by molar-refractivity contribution is 0.578.